The van der Waals surface area contributed by atoms with Gasteiger partial charge in [0.1, 0.15) is 11.1 Å². The molecule has 2 aromatic carbocycles. The van der Waals surface area contributed by atoms with Gasteiger partial charge in [0.15, 0.2) is 11.4 Å². The molecule has 3 aromatic heterocycles. The van der Waals surface area contributed by atoms with E-state index in [0.29, 0.717) is 27.4 Å². The second kappa shape index (κ2) is 7.64. The van der Waals surface area contributed by atoms with E-state index in [9.17, 15) is 4.79 Å². The highest BCUT2D eigenvalue weighted by molar-refractivity contribution is 7.13. The first-order chi connectivity index (χ1) is 13.6. The Morgan fingerprint density at radius 2 is 1.79 bits per heavy atom. The minimum Gasteiger partial charge on any atom is -0.454 e. The number of aryl methyl sites for hydroxylation is 1. The fourth-order valence-corrected chi connectivity index (χ4v) is 4.41. The molecule has 144 valence electrons. The maximum atomic E-state index is 13.4. The van der Waals surface area contributed by atoms with E-state index in [1.165, 1.54) is 0 Å². The lowest BCUT2D eigenvalue weighted by Crippen LogP contribution is -2.07. The summed E-state index contributed by atoms with van der Waals surface area (Å²) in [5, 5.41) is 3.54. The van der Waals surface area contributed by atoms with Crippen LogP contribution >= 0.6 is 35.3 Å². The number of halogens is 2. The Morgan fingerprint density at radius 3 is 2.52 bits per heavy atom. The molecule has 0 aliphatic heterocycles. The summed E-state index contributed by atoms with van der Waals surface area (Å²) >= 11 is 7.57. The number of carbonyl (C=O) groups excluding carboxylic acids is 1. The van der Waals surface area contributed by atoms with E-state index in [1.807, 2.05) is 48.7 Å². The number of hydrogen-bond acceptors (Lipinski definition) is 4. The molecule has 0 aliphatic carbocycles. The van der Waals surface area contributed by atoms with Crippen LogP contribution in [0.25, 0.3) is 32.5 Å². The summed E-state index contributed by atoms with van der Waals surface area (Å²) in [4.78, 5) is 19.2. The van der Waals surface area contributed by atoms with Crippen molar-refractivity contribution >= 4 is 63.2 Å². The second-order valence-corrected chi connectivity index (χ2v) is 7.92. The monoisotopic (exact) mass is 439 g/mol. The fraction of sp³-hybridized carbons (Fsp3) is 0.0435. The van der Waals surface area contributed by atoms with Gasteiger partial charge in [0.25, 0.3) is 0 Å². The molecule has 5 aromatic rings. The Hall–Kier alpha value is -2.66. The molecule has 0 unspecified atom stereocenters. The van der Waals surface area contributed by atoms with Gasteiger partial charge < -0.3 is 4.42 Å². The number of carbonyl (C=O) groups is 1. The molecule has 0 fully saturated rings. The lowest BCUT2D eigenvalue weighted by Gasteiger charge is -2.11. The van der Waals surface area contributed by atoms with Crippen molar-refractivity contribution in [3.8, 4) is 10.4 Å². The maximum Gasteiger partial charge on any atom is 0.195 e. The molecule has 0 radical (unpaired) electrons. The number of hydrogen-bond donors (Lipinski definition) is 0. The Balaban J connectivity index is 0.00000205. The van der Waals surface area contributed by atoms with Crippen LogP contribution < -0.4 is 0 Å². The molecule has 0 amide bonds. The molecule has 0 saturated carbocycles. The van der Waals surface area contributed by atoms with E-state index in [4.69, 9.17) is 21.0 Å². The summed E-state index contributed by atoms with van der Waals surface area (Å²) in [5.41, 5.74) is 4.81. The molecule has 6 heteroatoms. The van der Waals surface area contributed by atoms with E-state index in [2.05, 4.69) is 0 Å². The molecule has 0 N–H and O–H groups in total. The maximum absolute atomic E-state index is 13.4. The zero-order valence-corrected chi connectivity index (χ0v) is 17.7. The van der Waals surface area contributed by atoms with Crippen LogP contribution in [0.1, 0.15) is 21.6 Å². The molecule has 3 nitrogen and oxygen atoms in total. The zero-order valence-electron chi connectivity index (χ0n) is 15.3. The SMILES string of the molecule is Cc1nc2c(oc3ccccc32)c(-c2cccs2)c1C(=O)c1ccc(Cl)cc1.Cl. The van der Waals surface area contributed by atoms with Crippen LogP contribution in [0.3, 0.4) is 0 Å². The standard InChI is InChI=1S/C23H14ClNO2S.ClH/c1-13-19(22(26)14-8-10-15(24)11-9-14)20(18-7-4-12-28-18)23-21(25-13)16-5-2-3-6-17(16)27-23;/h2-12H,1H3;1H. The van der Waals surface area contributed by atoms with Crippen molar-refractivity contribution in [1.82, 2.24) is 4.98 Å². The predicted molar refractivity (Wildman–Crippen MR) is 122 cm³/mol. The average molecular weight is 440 g/mol. The van der Waals surface area contributed by atoms with Gasteiger partial charge in [-0.15, -0.1) is 23.7 Å². The van der Waals surface area contributed by atoms with Crippen LogP contribution in [0.5, 0.6) is 0 Å². The highest BCUT2D eigenvalue weighted by Crippen LogP contribution is 2.40. The number of para-hydroxylation sites is 1. The molecule has 3 heterocycles. The summed E-state index contributed by atoms with van der Waals surface area (Å²) in [5.74, 6) is -0.0903. The van der Waals surface area contributed by atoms with Gasteiger partial charge in [0.05, 0.1) is 11.3 Å². The van der Waals surface area contributed by atoms with Crippen LogP contribution in [-0.4, -0.2) is 10.8 Å². The minimum atomic E-state index is -0.0903. The molecule has 5 rings (SSSR count). The molecule has 0 saturated heterocycles. The Morgan fingerprint density at radius 1 is 1.03 bits per heavy atom. The Bertz CT molecular complexity index is 1340. The molecule has 0 aliphatic rings. The highest BCUT2D eigenvalue weighted by Gasteiger charge is 2.25. The van der Waals surface area contributed by atoms with Crippen LogP contribution in [0, 0.1) is 6.92 Å². The normalized spacial score (nSPS) is 11.0. The van der Waals surface area contributed by atoms with Gasteiger partial charge in [-0.2, -0.15) is 0 Å². The quantitative estimate of drug-likeness (QED) is 0.276. The summed E-state index contributed by atoms with van der Waals surface area (Å²) < 4.78 is 6.18. The van der Waals surface area contributed by atoms with Gasteiger partial charge in [0, 0.05) is 26.4 Å². The Kier molecular flexibility index (Phi) is 5.17. The van der Waals surface area contributed by atoms with Crippen molar-refractivity contribution in [2.24, 2.45) is 0 Å². The van der Waals surface area contributed by atoms with E-state index in [0.717, 1.165) is 26.9 Å². The topological polar surface area (TPSA) is 43.1 Å². The molecule has 0 atom stereocenters. The first kappa shape index (κ1) is 19.6. The fourth-order valence-electron chi connectivity index (χ4n) is 3.51. The van der Waals surface area contributed by atoms with Gasteiger partial charge in [-0.25, -0.2) is 4.98 Å². The smallest absolute Gasteiger partial charge is 0.195 e. The summed E-state index contributed by atoms with van der Waals surface area (Å²) in [6, 6.07) is 18.7. The number of fused-ring (bicyclic) bond motifs is 3. The van der Waals surface area contributed by atoms with Crippen molar-refractivity contribution in [3.63, 3.8) is 0 Å². The number of thiophene rings is 1. The van der Waals surface area contributed by atoms with E-state index >= 15 is 0 Å². The lowest BCUT2D eigenvalue weighted by atomic mass is 9.95. The highest BCUT2D eigenvalue weighted by atomic mass is 35.5. The largest absolute Gasteiger partial charge is 0.454 e. The molecular weight excluding hydrogens is 425 g/mol. The van der Waals surface area contributed by atoms with Gasteiger partial charge >= 0.3 is 0 Å². The van der Waals surface area contributed by atoms with Crippen LogP contribution in [0.15, 0.2) is 70.5 Å². The third kappa shape index (κ3) is 3.23. The van der Waals surface area contributed by atoms with Gasteiger partial charge in [-0.05, 0) is 54.8 Å². The van der Waals surface area contributed by atoms with E-state index in [1.54, 1.807) is 35.6 Å². The van der Waals surface area contributed by atoms with Crippen molar-refractivity contribution in [3.05, 3.63) is 87.9 Å². The molecular formula is C23H15Cl2NO2S. The number of rotatable bonds is 3. The summed E-state index contributed by atoms with van der Waals surface area (Å²) in [7, 11) is 0. The van der Waals surface area contributed by atoms with Crippen molar-refractivity contribution in [2.75, 3.05) is 0 Å². The lowest BCUT2D eigenvalue weighted by molar-refractivity contribution is 0.103. The molecule has 0 bridgehead atoms. The molecule has 29 heavy (non-hydrogen) atoms. The van der Waals surface area contributed by atoms with Gasteiger partial charge in [0.2, 0.25) is 0 Å². The Labute approximate surface area is 182 Å². The zero-order chi connectivity index (χ0) is 19.3. The third-order valence-corrected chi connectivity index (χ3v) is 5.93. The predicted octanol–water partition coefficient (Wildman–Crippen LogP) is 7.32. The van der Waals surface area contributed by atoms with Crippen molar-refractivity contribution in [2.45, 2.75) is 6.92 Å². The molecule has 0 spiro atoms. The van der Waals surface area contributed by atoms with E-state index in [-0.39, 0.29) is 18.2 Å². The summed E-state index contributed by atoms with van der Waals surface area (Å²) in [6.07, 6.45) is 0. The number of pyridine rings is 1. The first-order valence-corrected chi connectivity index (χ1v) is 10.1. The summed E-state index contributed by atoms with van der Waals surface area (Å²) in [6.45, 7) is 1.88. The number of nitrogens with zero attached hydrogens (tertiary/aromatic N) is 1. The minimum absolute atomic E-state index is 0. The first-order valence-electron chi connectivity index (χ1n) is 8.79. The number of aromatic nitrogens is 1. The van der Waals surface area contributed by atoms with E-state index < -0.39 is 0 Å². The van der Waals surface area contributed by atoms with Gasteiger partial charge in [-0.1, -0.05) is 29.8 Å². The van der Waals surface area contributed by atoms with Gasteiger partial charge in [-0.3, -0.25) is 4.79 Å². The van der Waals surface area contributed by atoms with Crippen LogP contribution in [0.2, 0.25) is 5.02 Å². The second-order valence-electron chi connectivity index (χ2n) is 6.54. The number of ketones is 1. The van der Waals surface area contributed by atoms with Crippen LogP contribution in [-0.2, 0) is 0 Å². The van der Waals surface area contributed by atoms with Crippen molar-refractivity contribution < 1.29 is 9.21 Å². The average Bonchev–Trinajstić information content (AvgIpc) is 3.35. The van der Waals surface area contributed by atoms with Crippen molar-refractivity contribution in [1.29, 1.82) is 0 Å². The number of benzene rings is 2. The number of furan rings is 1. The van der Waals surface area contributed by atoms with Crippen LogP contribution in [0.4, 0.5) is 0 Å². The third-order valence-electron chi connectivity index (χ3n) is 4.79.